The fraction of sp³-hybridized carbons (Fsp3) is 0.438. The third-order valence-corrected chi connectivity index (χ3v) is 8.87. The van der Waals surface area contributed by atoms with Gasteiger partial charge in [-0.15, -0.1) is 0 Å². The molecule has 0 spiro atoms. The van der Waals surface area contributed by atoms with Crippen molar-refractivity contribution in [2.45, 2.75) is 71.1 Å². The predicted molar refractivity (Wildman–Crippen MR) is 165 cm³/mol. The van der Waals surface area contributed by atoms with E-state index in [1.54, 1.807) is 7.11 Å². The van der Waals surface area contributed by atoms with Gasteiger partial charge in [-0.25, -0.2) is 0 Å². The zero-order chi connectivity index (χ0) is 28.4. The van der Waals surface area contributed by atoms with Gasteiger partial charge in [-0.2, -0.15) is 0 Å². The van der Waals surface area contributed by atoms with Gasteiger partial charge < -0.3 is 18.3 Å². The minimum atomic E-state index is -2.80. The van der Waals surface area contributed by atoms with E-state index in [1.807, 2.05) is 46.8 Å². The molecule has 0 aliphatic rings. The smallest absolute Gasteiger partial charge is 0.327 e. The molecular formula is C32H44NO4PS. The molecule has 3 aromatic carbocycles. The summed E-state index contributed by atoms with van der Waals surface area (Å²) < 4.78 is 23.4. The number of benzene rings is 3. The normalized spacial score (nSPS) is 13.8. The van der Waals surface area contributed by atoms with Gasteiger partial charge in [0, 0.05) is 0 Å². The van der Waals surface area contributed by atoms with E-state index in [0.717, 1.165) is 37.1 Å². The van der Waals surface area contributed by atoms with Crippen LogP contribution in [0.3, 0.4) is 0 Å². The summed E-state index contributed by atoms with van der Waals surface area (Å²) in [6, 6.07) is 29.6. The molecule has 0 saturated carbocycles. The molecule has 1 unspecified atom stereocenters. The monoisotopic (exact) mass is 569 g/mol. The molecule has 0 saturated heterocycles. The maximum absolute atomic E-state index is 6.04. The van der Waals surface area contributed by atoms with Gasteiger partial charge in [0.2, 0.25) is 0 Å². The van der Waals surface area contributed by atoms with E-state index in [4.69, 9.17) is 30.1 Å². The molecule has 212 valence electrons. The van der Waals surface area contributed by atoms with Crippen molar-refractivity contribution in [3.8, 4) is 5.75 Å². The Balaban J connectivity index is 1.72. The molecule has 0 fully saturated rings. The van der Waals surface area contributed by atoms with Gasteiger partial charge in [-0.1, -0.05) is 72.8 Å². The largest absolute Gasteiger partial charge is 0.497 e. The maximum atomic E-state index is 6.04. The summed E-state index contributed by atoms with van der Waals surface area (Å²) in [5.41, 5.74) is 2.62. The fourth-order valence-corrected chi connectivity index (χ4v) is 7.66. The summed E-state index contributed by atoms with van der Waals surface area (Å²) in [5, 5.41) is 3.94. The van der Waals surface area contributed by atoms with Crippen LogP contribution in [0.25, 0.3) is 0 Å². The number of unbranched alkanes of at least 4 members (excludes halogenated alkanes) is 2. The fourth-order valence-electron chi connectivity index (χ4n) is 4.55. The van der Waals surface area contributed by atoms with Crippen molar-refractivity contribution in [3.63, 3.8) is 0 Å². The van der Waals surface area contributed by atoms with Gasteiger partial charge in [0.05, 0.1) is 31.0 Å². The van der Waals surface area contributed by atoms with E-state index in [9.17, 15) is 0 Å². The molecule has 7 heteroatoms. The molecular weight excluding hydrogens is 525 g/mol. The molecule has 0 aliphatic heterocycles. The van der Waals surface area contributed by atoms with E-state index in [-0.39, 0.29) is 6.10 Å². The Morgan fingerprint density at radius 1 is 0.769 bits per heavy atom. The Morgan fingerprint density at radius 2 is 1.31 bits per heavy atom. The second-order valence-corrected chi connectivity index (χ2v) is 13.7. The first kappa shape index (κ1) is 31.5. The van der Waals surface area contributed by atoms with Crippen LogP contribution in [0.4, 0.5) is 0 Å². The third kappa shape index (κ3) is 9.24. The van der Waals surface area contributed by atoms with E-state index in [0.29, 0.717) is 6.61 Å². The van der Waals surface area contributed by atoms with Crippen molar-refractivity contribution in [1.29, 1.82) is 0 Å². The van der Waals surface area contributed by atoms with Crippen LogP contribution < -0.4 is 10.1 Å². The van der Waals surface area contributed by atoms with Crippen LogP contribution >= 0.6 is 6.72 Å². The lowest BCUT2D eigenvalue weighted by atomic mass is 9.77. The van der Waals surface area contributed by atoms with E-state index >= 15 is 0 Å². The lowest BCUT2D eigenvalue weighted by Crippen LogP contribution is -2.45. The molecule has 0 amide bonds. The van der Waals surface area contributed by atoms with Gasteiger partial charge in [0.25, 0.3) is 0 Å². The van der Waals surface area contributed by atoms with Gasteiger partial charge in [-0.3, -0.25) is 5.32 Å². The number of methoxy groups -OCH3 is 1. The topological polar surface area (TPSA) is 49.0 Å². The third-order valence-electron chi connectivity index (χ3n) is 6.12. The zero-order valence-corrected chi connectivity index (χ0v) is 25.9. The highest BCUT2D eigenvalue weighted by atomic mass is 32.5. The lowest BCUT2D eigenvalue weighted by Gasteiger charge is -2.37. The first-order valence-electron chi connectivity index (χ1n) is 13.7. The molecule has 0 heterocycles. The molecule has 5 nitrogen and oxygen atoms in total. The first-order chi connectivity index (χ1) is 18.6. The summed E-state index contributed by atoms with van der Waals surface area (Å²) in [7, 11) is 1.70. The quantitative estimate of drug-likeness (QED) is 0.113. The van der Waals surface area contributed by atoms with Crippen LogP contribution in [0.1, 0.15) is 70.6 Å². The summed E-state index contributed by atoms with van der Waals surface area (Å²) >= 11 is 5.68. The average Bonchev–Trinajstić information content (AvgIpc) is 2.90. The van der Waals surface area contributed by atoms with E-state index in [2.05, 4.69) is 78.1 Å². The molecule has 3 aromatic rings. The Labute approximate surface area is 240 Å². The lowest BCUT2D eigenvalue weighted by molar-refractivity contribution is 0.0600. The van der Waals surface area contributed by atoms with Crippen molar-refractivity contribution < 1.29 is 18.3 Å². The molecule has 1 atom stereocenters. The highest BCUT2D eigenvalue weighted by Crippen LogP contribution is 2.54. The molecule has 0 aromatic heterocycles. The van der Waals surface area contributed by atoms with Crippen LogP contribution in [-0.4, -0.2) is 32.0 Å². The SMILES string of the molecule is COc1ccc(C(NCCCCCOP(=S)(OC(C)C)OC(C)(C)C)(c2ccccc2)c2ccccc2)cc1. The van der Waals surface area contributed by atoms with Crippen molar-refractivity contribution >= 4 is 18.5 Å². The van der Waals surface area contributed by atoms with Crippen molar-refractivity contribution in [3.05, 3.63) is 102 Å². The molecule has 0 aliphatic carbocycles. The molecule has 0 bridgehead atoms. The Hall–Kier alpha value is -2.05. The van der Waals surface area contributed by atoms with Gasteiger partial charge >= 0.3 is 6.72 Å². The highest BCUT2D eigenvalue weighted by molar-refractivity contribution is 8.07. The Morgan fingerprint density at radius 3 is 1.79 bits per heavy atom. The van der Waals surface area contributed by atoms with Crippen molar-refractivity contribution in [2.75, 3.05) is 20.3 Å². The number of hydrogen-bond donors (Lipinski definition) is 1. The highest BCUT2D eigenvalue weighted by Gasteiger charge is 2.35. The van der Waals surface area contributed by atoms with Gasteiger partial charge in [0.15, 0.2) is 0 Å². The summed E-state index contributed by atoms with van der Waals surface area (Å²) in [4.78, 5) is 0. The van der Waals surface area contributed by atoms with Crippen LogP contribution in [0, 0.1) is 0 Å². The van der Waals surface area contributed by atoms with Crippen LogP contribution in [0.15, 0.2) is 84.9 Å². The van der Waals surface area contributed by atoms with E-state index < -0.39 is 17.9 Å². The van der Waals surface area contributed by atoms with Crippen LogP contribution in [-0.2, 0) is 30.9 Å². The summed E-state index contributed by atoms with van der Waals surface area (Å²) in [5.74, 6) is 0.839. The minimum Gasteiger partial charge on any atom is -0.497 e. The summed E-state index contributed by atoms with van der Waals surface area (Å²) in [6.07, 6.45) is 2.79. The number of nitrogens with one attached hydrogen (secondary N) is 1. The summed E-state index contributed by atoms with van der Waals surface area (Å²) in [6.45, 7) is 8.37. The molecule has 0 radical (unpaired) electrons. The van der Waals surface area contributed by atoms with Crippen molar-refractivity contribution in [1.82, 2.24) is 5.32 Å². The number of rotatable bonds is 15. The van der Waals surface area contributed by atoms with Gasteiger partial charge in [-0.05, 0) is 101 Å². The van der Waals surface area contributed by atoms with Crippen LogP contribution in [0.5, 0.6) is 5.75 Å². The Bertz CT molecular complexity index is 1120. The van der Waals surface area contributed by atoms with E-state index in [1.165, 1.54) is 11.1 Å². The molecule has 1 N–H and O–H groups in total. The second kappa shape index (κ2) is 14.5. The van der Waals surface area contributed by atoms with Crippen LogP contribution in [0.2, 0.25) is 0 Å². The maximum Gasteiger partial charge on any atom is 0.327 e. The minimum absolute atomic E-state index is 0.0514. The molecule has 3 rings (SSSR count). The molecule has 39 heavy (non-hydrogen) atoms. The number of hydrogen-bond acceptors (Lipinski definition) is 6. The van der Waals surface area contributed by atoms with Gasteiger partial charge in [0.1, 0.15) is 5.75 Å². The first-order valence-corrected chi connectivity index (χ1v) is 16.3. The standard InChI is InChI=1S/C32H44NO4PS/c1-26(2)36-38(39,37-31(3,4)5)35-25-15-9-14-24-33-32(27-16-10-7-11-17-27,28-18-12-8-13-19-28)29-20-22-30(34-6)23-21-29/h7-8,10-13,16-23,26,33H,9,14-15,24-25H2,1-6H3. The zero-order valence-electron chi connectivity index (χ0n) is 24.2. The average molecular weight is 570 g/mol. The predicted octanol–water partition coefficient (Wildman–Crippen LogP) is 8.23. The van der Waals surface area contributed by atoms with Crippen molar-refractivity contribution in [2.24, 2.45) is 0 Å². The Kier molecular flexibility index (Phi) is 11.7. The number of ether oxygens (including phenoxy) is 1. The second-order valence-electron chi connectivity index (χ2n) is 10.8.